The van der Waals surface area contributed by atoms with E-state index < -0.39 is 11.9 Å². The zero-order valence-electron chi connectivity index (χ0n) is 11.7. The summed E-state index contributed by atoms with van der Waals surface area (Å²) >= 11 is 0. The molecule has 5 heteroatoms. The van der Waals surface area contributed by atoms with Crippen LogP contribution in [0.5, 0.6) is 0 Å². The number of hydrogen-bond acceptors (Lipinski definition) is 4. The summed E-state index contributed by atoms with van der Waals surface area (Å²) < 4.78 is 4.88. The maximum absolute atomic E-state index is 12.1. The number of nitrogens with one attached hydrogen (secondary N) is 1. The van der Waals surface area contributed by atoms with Crippen molar-refractivity contribution in [1.82, 2.24) is 5.32 Å². The topological polar surface area (TPSA) is 72.5 Å². The van der Waals surface area contributed by atoms with Crippen molar-refractivity contribution in [3.8, 4) is 0 Å². The van der Waals surface area contributed by atoms with E-state index in [-0.39, 0.29) is 30.8 Å². The van der Waals surface area contributed by atoms with E-state index in [1.165, 1.54) is 0 Å². The standard InChI is InChI=1S/C14H23NO4/c1-3-11(16)9-12(14(18)19-4-2)13(17)15-10-7-5-6-8-10/h10,12H,3-9H2,1-2H3,(H,15,17). The minimum Gasteiger partial charge on any atom is -0.465 e. The SMILES string of the molecule is CCOC(=O)C(CC(=O)CC)C(=O)NC1CCCC1. The summed E-state index contributed by atoms with van der Waals surface area (Å²) in [5.74, 6) is -2.06. The summed E-state index contributed by atoms with van der Waals surface area (Å²) in [4.78, 5) is 35.4. The van der Waals surface area contributed by atoms with Gasteiger partial charge in [0, 0.05) is 18.9 Å². The van der Waals surface area contributed by atoms with Crippen LogP contribution in [0.3, 0.4) is 0 Å². The van der Waals surface area contributed by atoms with Gasteiger partial charge in [0.1, 0.15) is 11.7 Å². The third kappa shape index (κ3) is 5.01. The lowest BCUT2D eigenvalue weighted by Crippen LogP contribution is -2.41. The molecule has 0 aliphatic heterocycles. The summed E-state index contributed by atoms with van der Waals surface area (Å²) in [6.45, 7) is 3.62. The second kappa shape index (κ2) is 7.92. The second-order valence-electron chi connectivity index (χ2n) is 4.89. The maximum atomic E-state index is 12.1. The highest BCUT2D eigenvalue weighted by Crippen LogP contribution is 2.19. The van der Waals surface area contributed by atoms with Crippen molar-refractivity contribution in [3.05, 3.63) is 0 Å². The Labute approximate surface area is 114 Å². The molecule has 1 atom stereocenters. The van der Waals surface area contributed by atoms with Crippen molar-refractivity contribution in [3.63, 3.8) is 0 Å². The van der Waals surface area contributed by atoms with E-state index in [0.717, 1.165) is 25.7 Å². The molecule has 108 valence electrons. The smallest absolute Gasteiger partial charge is 0.318 e. The molecule has 1 unspecified atom stereocenters. The predicted molar refractivity (Wildman–Crippen MR) is 70.4 cm³/mol. The number of carbonyl (C=O) groups is 3. The number of Topliss-reactive ketones (excluding diaryl/α,β-unsaturated/α-hetero) is 1. The molecule has 1 aliphatic rings. The first-order valence-electron chi connectivity index (χ1n) is 7.07. The van der Waals surface area contributed by atoms with Crippen molar-refractivity contribution in [2.45, 2.75) is 58.4 Å². The third-order valence-corrected chi connectivity index (χ3v) is 3.42. The molecular formula is C14H23NO4. The van der Waals surface area contributed by atoms with Crippen molar-refractivity contribution in [1.29, 1.82) is 0 Å². The Balaban J connectivity index is 2.61. The molecule has 0 aromatic heterocycles. The largest absolute Gasteiger partial charge is 0.465 e. The van der Waals surface area contributed by atoms with Gasteiger partial charge in [0.25, 0.3) is 0 Å². The molecule has 1 rings (SSSR count). The lowest BCUT2D eigenvalue weighted by molar-refractivity contribution is -0.154. The van der Waals surface area contributed by atoms with Gasteiger partial charge in [-0.25, -0.2) is 0 Å². The molecular weight excluding hydrogens is 246 g/mol. The fourth-order valence-corrected chi connectivity index (χ4v) is 2.27. The first-order chi connectivity index (χ1) is 9.08. The summed E-state index contributed by atoms with van der Waals surface area (Å²) in [5, 5.41) is 2.86. The van der Waals surface area contributed by atoms with Gasteiger partial charge in [0.2, 0.25) is 5.91 Å². The van der Waals surface area contributed by atoms with Crippen LogP contribution in [0.2, 0.25) is 0 Å². The van der Waals surface area contributed by atoms with Crippen molar-refractivity contribution in [2.75, 3.05) is 6.61 Å². The van der Waals surface area contributed by atoms with Gasteiger partial charge in [-0.3, -0.25) is 14.4 Å². The first kappa shape index (κ1) is 15.7. The quantitative estimate of drug-likeness (QED) is 0.563. The monoisotopic (exact) mass is 269 g/mol. The molecule has 1 N–H and O–H groups in total. The summed E-state index contributed by atoms with van der Waals surface area (Å²) in [7, 11) is 0. The molecule has 0 heterocycles. The van der Waals surface area contributed by atoms with E-state index in [0.29, 0.717) is 6.42 Å². The lowest BCUT2D eigenvalue weighted by atomic mass is 10.00. The molecule has 0 aromatic carbocycles. The van der Waals surface area contributed by atoms with Gasteiger partial charge in [-0.2, -0.15) is 0 Å². The molecule has 1 amide bonds. The van der Waals surface area contributed by atoms with Crippen LogP contribution in [-0.4, -0.2) is 30.3 Å². The van der Waals surface area contributed by atoms with Crippen LogP contribution < -0.4 is 5.32 Å². The van der Waals surface area contributed by atoms with E-state index in [1.54, 1.807) is 13.8 Å². The Morgan fingerprint density at radius 1 is 1.21 bits per heavy atom. The van der Waals surface area contributed by atoms with Crippen LogP contribution >= 0.6 is 0 Å². The minimum absolute atomic E-state index is 0.0616. The number of ketones is 1. The van der Waals surface area contributed by atoms with Crippen LogP contribution in [-0.2, 0) is 19.1 Å². The van der Waals surface area contributed by atoms with Gasteiger partial charge in [0.05, 0.1) is 6.61 Å². The van der Waals surface area contributed by atoms with Gasteiger partial charge in [0.15, 0.2) is 0 Å². The highest BCUT2D eigenvalue weighted by atomic mass is 16.5. The molecule has 0 radical (unpaired) electrons. The number of esters is 1. The van der Waals surface area contributed by atoms with Crippen molar-refractivity contribution >= 4 is 17.7 Å². The second-order valence-corrected chi connectivity index (χ2v) is 4.89. The van der Waals surface area contributed by atoms with E-state index in [4.69, 9.17) is 4.74 Å². The van der Waals surface area contributed by atoms with Crippen molar-refractivity contribution in [2.24, 2.45) is 5.92 Å². The van der Waals surface area contributed by atoms with Gasteiger partial charge in [-0.15, -0.1) is 0 Å². The maximum Gasteiger partial charge on any atom is 0.318 e. The van der Waals surface area contributed by atoms with Crippen LogP contribution in [0.1, 0.15) is 52.4 Å². The zero-order chi connectivity index (χ0) is 14.3. The number of hydrogen-bond donors (Lipinski definition) is 1. The predicted octanol–water partition coefficient (Wildman–Crippen LogP) is 1.59. The fourth-order valence-electron chi connectivity index (χ4n) is 2.27. The van der Waals surface area contributed by atoms with Crippen LogP contribution in [0.25, 0.3) is 0 Å². The molecule has 0 saturated heterocycles. The molecule has 0 aromatic rings. The van der Waals surface area contributed by atoms with E-state index in [9.17, 15) is 14.4 Å². The normalized spacial score (nSPS) is 16.9. The van der Waals surface area contributed by atoms with Crippen LogP contribution in [0.4, 0.5) is 0 Å². The summed E-state index contributed by atoms with van der Waals surface area (Å²) in [5.41, 5.74) is 0. The van der Waals surface area contributed by atoms with E-state index >= 15 is 0 Å². The average molecular weight is 269 g/mol. The van der Waals surface area contributed by atoms with Gasteiger partial charge in [-0.1, -0.05) is 19.8 Å². The van der Waals surface area contributed by atoms with Crippen LogP contribution in [0, 0.1) is 5.92 Å². The Bertz CT molecular complexity index is 334. The fraction of sp³-hybridized carbons (Fsp3) is 0.786. The van der Waals surface area contributed by atoms with E-state index in [2.05, 4.69) is 5.32 Å². The minimum atomic E-state index is -0.993. The highest BCUT2D eigenvalue weighted by Gasteiger charge is 2.31. The number of carbonyl (C=O) groups excluding carboxylic acids is 3. The Morgan fingerprint density at radius 3 is 2.37 bits per heavy atom. The summed E-state index contributed by atoms with van der Waals surface area (Å²) in [6, 6.07) is 0.140. The van der Waals surface area contributed by atoms with E-state index in [1.807, 2.05) is 0 Å². The Kier molecular flexibility index (Phi) is 6.53. The highest BCUT2D eigenvalue weighted by molar-refractivity contribution is 6.01. The lowest BCUT2D eigenvalue weighted by Gasteiger charge is -2.18. The number of rotatable bonds is 7. The molecule has 1 saturated carbocycles. The van der Waals surface area contributed by atoms with Gasteiger partial charge < -0.3 is 10.1 Å². The molecule has 5 nitrogen and oxygen atoms in total. The van der Waals surface area contributed by atoms with Gasteiger partial charge >= 0.3 is 5.97 Å². The third-order valence-electron chi connectivity index (χ3n) is 3.42. The Hall–Kier alpha value is -1.39. The summed E-state index contributed by atoms with van der Waals surface area (Å²) in [6.07, 6.45) is 4.36. The molecule has 1 fully saturated rings. The molecule has 0 spiro atoms. The van der Waals surface area contributed by atoms with Crippen molar-refractivity contribution < 1.29 is 19.1 Å². The molecule has 19 heavy (non-hydrogen) atoms. The van der Waals surface area contributed by atoms with Crippen LogP contribution in [0.15, 0.2) is 0 Å². The molecule has 1 aliphatic carbocycles. The Morgan fingerprint density at radius 2 is 1.84 bits per heavy atom. The first-order valence-corrected chi connectivity index (χ1v) is 7.07. The number of amides is 1. The average Bonchev–Trinajstić information content (AvgIpc) is 2.88. The zero-order valence-corrected chi connectivity index (χ0v) is 11.7. The van der Waals surface area contributed by atoms with Gasteiger partial charge in [-0.05, 0) is 19.8 Å². The molecule has 0 bridgehead atoms. The number of ether oxygens (including phenoxy) is 1.